The van der Waals surface area contributed by atoms with Crippen LogP contribution in [0.25, 0.3) is 0 Å². The number of carboxylic acid groups (broad SMARTS) is 1. The minimum absolute atomic E-state index is 0.0415. The van der Waals surface area contributed by atoms with Crippen LogP contribution in [0, 0.1) is 0 Å². The van der Waals surface area contributed by atoms with E-state index in [2.05, 4.69) is 31.9 Å². The van der Waals surface area contributed by atoms with Gasteiger partial charge in [-0.15, -0.1) is 0 Å². The molecule has 70 valence electrons. The molecule has 0 fully saturated rings. The van der Waals surface area contributed by atoms with E-state index in [1.165, 1.54) is 0 Å². The third kappa shape index (κ3) is 2.54. The Hall–Kier alpha value is -0.350. The van der Waals surface area contributed by atoms with Crippen molar-refractivity contribution in [2.24, 2.45) is 0 Å². The van der Waals surface area contributed by atoms with E-state index in [0.29, 0.717) is 10.9 Å². The van der Waals surface area contributed by atoms with Crippen molar-refractivity contribution < 1.29 is 9.90 Å². The number of hydrogen-bond donors (Lipinski definition) is 1. The van der Waals surface area contributed by atoms with Gasteiger partial charge in [0, 0.05) is 5.33 Å². The van der Waals surface area contributed by atoms with Crippen LogP contribution >= 0.6 is 31.9 Å². The molecule has 13 heavy (non-hydrogen) atoms. The van der Waals surface area contributed by atoms with Gasteiger partial charge in [0.05, 0.1) is 10.4 Å². The van der Waals surface area contributed by atoms with Gasteiger partial charge in [-0.05, 0) is 11.6 Å². The van der Waals surface area contributed by atoms with Crippen LogP contribution in [0.15, 0.2) is 24.3 Å². The lowest BCUT2D eigenvalue weighted by Gasteiger charge is -2.09. The molecule has 0 aliphatic carbocycles. The Morgan fingerprint density at radius 3 is 2.62 bits per heavy atom. The summed E-state index contributed by atoms with van der Waals surface area (Å²) in [5.74, 6) is -0.888. The van der Waals surface area contributed by atoms with Gasteiger partial charge in [-0.1, -0.05) is 50.1 Å². The molecule has 0 spiro atoms. The highest BCUT2D eigenvalue weighted by Crippen LogP contribution is 2.27. The smallest absolute Gasteiger partial charge is 0.336 e. The van der Waals surface area contributed by atoms with Crippen LogP contribution in [0.3, 0.4) is 0 Å². The molecule has 0 aromatic heterocycles. The summed E-state index contributed by atoms with van der Waals surface area (Å²) in [4.78, 5) is 10.8. The molecule has 0 saturated heterocycles. The monoisotopic (exact) mass is 306 g/mol. The Bertz CT molecular complexity index is 312. The van der Waals surface area contributed by atoms with Crippen molar-refractivity contribution in [3.8, 4) is 0 Å². The lowest BCUT2D eigenvalue weighted by Crippen LogP contribution is -2.04. The van der Waals surface area contributed by atoms with Crippen molar-refractivity contribution in [1.29, 1.82) is 0 Å². The van der Waals surface area contributed by atoms with Gasteiger partial charge >= 0.3 is 5.97 Å². The van der Waals surface area contributed by atoms with E-state index in [4.69, 9.17) is 5.11 Å². The Labute approximate surface area is 93.2 Å². The van der Waals surface area contributed by atoms with Gasteiger partial charge in [-0.25, -0.2) is 4.79 Å². The molecule has 0 bridgehead atoms. The van der Waals surface area contributed by atoms with Crippen LogP contribution in [0.4, 0.5) is 0 Å². The van der Waals surface area contributed by atoms with Gasteiger partial charge in [0.25, 0.3) is 0 Å². The van der Waals surface area contributed by atoms with Gasteiger partial charge in [0.2, 0.25) is 0 Å². The second kappa shape index (κ2) is 4.77. The van der Waals surface area contributed by atoms with Crippen LogP contribution in [-0.4, -0.2) is 16.4 Å². The molecule has 1 N–H and O–H groups in total. The minimum Gasteiger partial charge on any atom is -0.478 e. The van der Waals surface area contributed by atoms with Crippen molar-refractivity contribution >= 4 is 37.8 Å². The molecule has 0 heterocycles. The zero-order chi connectivity index (χ0) is 9.84. The number of aromatic carboxylic acids is 1. The maximum absolute atomic E-state index is 10.8. The zero-order valence-corrected chi connectivity index (χ0v) is 9.88. The van der Waals surface area contributed by atoms with Crippen LogP contribution in [0.5, 0.6) is 0 Å². The van der Waals surface area contributed by atoms with Gasteiger partial charge < -0.3 is 5.11 Å². The van der Waals surface area contributed by atoms with E-state index in [0.717, 1.165) is 5.56 Å². The zero-order valence-electron chi connectivity index (χ0n) is 6.71. The molecule has 2 nitrogen and oxygen atoms in total. The fourth-order valence-corrected chi connectivity index (χ4v) is 1.80. The first kappa shape index (κ1) is 10.7. The Morgan fingerprint density at radius 1 is 1.46 bits per heavy atom. The average Bonchev–Trinajstić information content (AvgIpc) is 2.16. The predicted octanol–water partition coefficient (Wildman–Crippen LogP) is 3.22. The van der Waals surface area contributed by atoms with Crippen molar-refractivity contribution in [2.45, 2.75) is 4.83 Å². The first-order chi connectivity index (χ1) is 6.16. The Kier molecular flexibility index (Phi) is 3.93. The second-order valence-corrected chi connectivity index (χ2v) is 4.27. The Balaban J connectivity index is 3.11. The SMILES string of the molecule is O=C(O)c1ccccc1C(Br)CBr. The fourth-order valence-electron chi connectivity index (χ4n) is 1.05. The predicted molar refractivity (Wildman–Crippen MR) is 58.9 cm³/mol. The highest BCUT2D eigenvalue weighted by molar-refractivity contribution is 9.12. The number of halogens is 2. The van der Waals surface area contributed by atoms with Crippen LogP contribution in [-0.2, 0) is 0 Å². The summed E-state index contributed by atoms with van der Waals surface area (Å²) in [6.07, 6.45) is 0. The molecule has 1 rings (SSSR count). The lowest BCUT2D eigenvalue weighted by molar-refractivity contribution is 0.0696. The largest absolute Gasteiger partial charge is 0.478 e. The number of carboxylic acids is 1. The summed E-state index contributed by atoms with van der Waals surface area (Å²) >= 11 is 6.69. The number of hydrogen-bond acceptors (Lipinski definition) is 1. The van der Waals surface area contributed by atoms with Gasteiger partial charge in [-0.3, -0.25) is 0 Å². The number of alkyl halides is 2. The molecule has 1 aromatic carbocycles. The van der Waals surface area contributed by atoms with Crippen LogP contribution in [0.1, 0.15) is 20.7 Å². The quantitative estimate of drug-likeness (QED) is 0.871. The molecular formula is C9H8Br2O2. The first-order valence-corrected chi connectivity index (χ1v) is 5.72. The van der Waals surface area contributed by atoms with Crippen molar-refractivity contribution in [3.63, 3.8) is 0 Å². The molecule has 1 atom stereocenters. The molecule has 4 heteroatoms. The summed E-state index contributed by atoms with van der Waals surface area (Å²) in [6, 6.07) is 6.97. The van der Waals surface area contributed by atoms with E-state index in [1.54, 1.807) is 12.1 Å². The number of benzene rings is 1. The third-order valence-corrected chi connectivity index (χ3v) is 4.00. The maximum atomic E-state index is 10.8. The van der Waals surface area contributed by atoms with E-state index in [-0.39, 0.29) is 4.83 Å². The van der Waals surface area contributed by atoms with E-state index in [1.807, 2.05) is 12.1 Å². The molecule has 0 radical (unpaired) electrons. The molecule has 1 unspecified atom stereocenters. The maximum Gasteiger partial charge on any atom is 0.336 e. The second-order valence-electron chi connectivity index (χ2n) is 2.51. The molecule has 1 aromatic rings. The molecule has 0 aliphatic heterocycles. The molecule has 0 saturated carbocycles. The summed E-state index contributed by atoms with van der Waals surface area (Å²) in [5, 5.41) is 9.57. The summed E-state index contributed by atoms with van der Waals surface area (Å²) in [7, 11) is 0. The van der Waals surface area contributed by atoms with E-state index >= 15 is 0 Å². The van der Waals surface area contributed by atoms with E-state index in [9.17, 15) is 4.79 Å². The normalized spacial score (nSPS) is 12.5. The summed E-state index contributed by atoms with van der Waals surface area (Å²) in [5.41, 5.74) is 1.15. The van der Waals surface area contributed by atoms with Gasteiger partial charge in [-0.2, -0.15) is 0 Å². The van der Waals surface area contributed by atoms with Crippen molar-refractivity contribution in [2.75, 3.05) is 5.33 Å². The van der Waals surface area contributed by atoms with Gasteiger partial charge in [0.1, 0.15) is 0 Å². The minimum atomic E-state index is -0.888. The van der Waals surface area contributed by atoms with Crippen molar-refractivity contribution in [1.82, 2.24) is 0 Å². The summed E-state index contributed by atoms with van der Waals surface area (Å²) in [6.45, 7) is 0. The lowest BCUT2D eigenvalue weighted by atomic mass is 10.1. The highest BCUT2D eigenvalue weighted by Gasteiger charge is 2.14. The van der Waals surface area contributed by atoms with Gasteiger partial charge in [0.15, 0.2) is 0 Å². The summed E-state index contributed by atoms with van der Waals surface area (Å²) < 4.78 is 0. The van der Waals surface area contributed by atoms with E-state index < -0.39 is 5.97 Å². The van der Waals surface area contributed by atoms with Crippen LogP contribution in [0.2, 0.25) is 0 Å². The number of rotatable bonds is 3. The third-order valence-electron chi connectivity index (χ3n) is 1.66. The molecule has 0 aliphatic rings. The number of carbonyl (C=O) groups is 1. The molecular weight excluding hydrogens is 300 g/mol. The van der Waals surface area contributed by atoms with Crippen LogP contribution < -0.4 is 0 Å². The molecule has 0 amide bonds. The standard InChI is InChI=1S/C9H8Br2O2/c10-5-8(11)6-3-1-2-4-7(6)9(12)13/h1-4,8H,5H2,(H,12,13). The topological polar surface area (TPSA) is 37.3 Å². The average molecular weight is 308 g/mol. The fraction of sp³-hybridized carbons (Fsp3) is 0.222. The Morgan fingerprint density at radius 2 is 2.08 bits per heavy atom. The van der Waals surface area contributed by atoms with Crippen molar-refractivity contribution in [3.05, 3.63) is 35.4 Å². The first-order valence-electron chi connectivity index (χ1n) is 3.69. The highest BCUT2D eigenvalue weighted by atomic mass is 79.9.